The van der Waals surface area contributed by atoms with Crippen molar-refractivity contribution in [2.45, 2.75) is 97.1 Å². The molecule has 4 rings (SSSR count). The van der Waals surface area contributed by atoms with Gasteiger partial charge in [0.1, 0.15) is 8.07 Å². The van der Waals surface area contributed by atoms with E-state index < -0.39 is 8.07 Å². The third-order valence-corrected chi connectivity index (χ3v) is 15.9. The first-order valence-electron chi connectivity index (χ1n) is 11.3. The Balaban J connectivity index is 1.84. The zero-order valence-electron chi connectivity index (χ0n) is 17.7. The van der Waals surface area contributed by atoms with Crippen molar-refractivity contribution in [2.24, 2.45) is 5.92 Å². The van der Waals surface area contributed by atoms with Gasteiger partial charge < -0.3 is 0 Å². The van der Waals surface area contributed by atoms with Gasteiger partial charge in [0.05, 0.1) is 0 Å². The molecule has 0 saturated heterocycles. The summed E-state index contributed by atoms with van der Waals surface area (Å²) >= 11 is 4.19. The fraction of sp³-hybridized carbons (Fsp3) is 0.667. The molecule has 2 aromatic heterocycles. The van der Waals surface area contributed by atoms with E-state index in [-0.39, 0.29) is 0 Å². The summed E-state index contributed by atoms with van der Waals surface area (Å²) in [5, 5.41) is 3.74. The molecule has 1 aliphatic heterocycles. The summed E-state index contributed by atoms with van der Waals surface area (Å²) in [6, 6.07) is 6.82. The first-order valence-corrected chi connectivity index (χ1v) is 15.2. The van der Waals surface area contributed by atoms with Gasteiger partial charge in [0.25, 0.3) is 0 Å². The maximum atomic E-state index is 2.65. The smallest absolute Gasteiger partial charge is 0.125 e. The van der Waals surface area contributed by atoms with Crippen LogP contribution in [0.25, 0.3) is 9.75 Å². The third kappa shape index (κ3) is 3.42. The van der Waals surface area contributed by atoms with Crippen molar-refractivity contribution in [2.75, 3.05) is 0 Å². The average molecular weight is 417 g/mol. The fourth-order valence-corrected chi connectivity index (χ4v) is 16.5. The van der Waals surface area contributed by atoms with E-state index in [1.54, 1.807) is 19.5 Å². The topological polar surface area (TPSA) is 0 Å². The normalized spacial score (nSPS) is 19.9. The molecule has 1 atom stereocenters. The molecule has 1 unspecified atom stereocenters. The highest BCUT2D eigenvalue weighted by Gasteiger charge is 2.53. The Morgan fingerprint density at radius 1 is 0.963 bits per heavy atom. The summed E-state index contributed by atoms with van der Waals surface area (Å²) < 4.78 is 0. The molecular weight excluding hydrogens is 380 g/mol. The Labute approximate surface area is 175 Å². The number of fused-ring (bicyclic) bond motifs is 3. The van der Waals surface area contributed by atoms with E-state index >= 15 is 0 Å². The molecule has 1 aliphatic carbocycles. The van der Waals surface area contributed by atoms with Crippen LogP contribution in [-0.4, -0.2) is 8.07 Å². The first kappa shape index (κ1) is 19.9. The minimum Gasteiger partial charge on any atom is -0.140 e. The van der Waals surface area contributed by atoms with E-state index in [0.717, 1.165) is 11.5 Å². The van der Waals surface area contributed by atoms with Crippen LogP contribution in [0.3, 0.4) is 0 Å². The number of hydrogen-bond donors (Lipinski definition) is 0. The van der Waals surface area contributed by atoms with Gasteiger partial charge in [-0.2, -0.15) is 0 Å². The first-order chi connectivity index (χ1) is 13.1. The lowest BCUT2D eigenvalue weighted by Gasteiger charge is -2.41. The minimum absolute atomic E-state index is 0.928. The van der Waals surface area contributed by atoms with Gasteiger partial charge in [-0.15, -0.1) is 22.7 Å². The maximum Gasteiger partial charge on any atom is 0.125 e. The highest BCUT2D eigenvalue weighted by molar-refractivity contribution is 7.29. The van der Waals surface area contributed by atoms with Gasteiger partial charge in [-0.05, 0) is 53.9 Å². The SMILES string of the molecule is CCCCC(CC)C[Si]1(C2CCCCC2)c2cc(C)sc2-c2sc(C)cc21. The Kier molecular flexibility index (Phi) is 6.02. The van der Waals surface area contributed by atoms with Crippen LogP contribution >= 0.6 is 22.7 Å². The monoisotopic (exact) mass is 416 g/mol. The van der Waals surface area contributed by atoms with Crippen molar-refractivity contribution >= 4 is 41.1 Å². The zero-order chi connectivity index (χ0) is 19.0. The van der Waals surface area contributed by atoms with Crippen molar-refractivity contribution in [3.8, 4) is 9.75 Å². The molecule has 27 heavy (non-hydrogen) atoms. The van der Waals surface area contributed by atoms with Crippen LogP contribution in [0.5, 0.6) is 0 Å². The fourth-order valence-electron chi connectivity index (χ4n) is 5.99. The van der Waals surface area contributed by atoms with Gasteiger partial charge >= 0.3 is 0 Å². The molecule has 3 heterocycles. The number of rotatable bonds is 7. The Morgan fingerprint density at radius 3 is 2.07 bits per heavy atom. The van der Waals surface area contributed by atoms with E-state index in [1.165, 1.54) is 63.8 Å². The Bertz CT molecular complexity index is 732. The summed E-state index contributed by atoms with van der Waals surface area (Å²) in [5.41, 5.74) is 0.991. The molecule has 2 aliphatic rings. The molecule has 2 aromatic rings. The second-order valence-corrected chi connectivity index (χ2v) is 15.9. The van der Waals surface area contributed by atoms with Gasteiger partial charge in [0.2, 0.25) is 0 Å². The molecule has 0 nitrogen and oxygen atoms in total. The Morgan fingerprint density at radius 2 is 1.56 bits per heavy atom. The molecule has 1 saturated carbocycles. The van der Waals surface area contributed by atoms with Crippen molar-refractivity contribution in [1.82, 2.24) is 0 Å². The summed E-state index contributed by atoms with van der Waals surface area (Å²) in [7, 11) is -1.64. The van der Waals surface area contributed by atoms with Crippen molar-refractivity contribution in [3.63, 3.8) is 0 Å². The zero-order valence-corrected chi connectivity index (χ0v) is 20.3. The van der Waals surface area contributed by atoms with Crippen LogP contribution < -0.4 is 10.4 Å². The molecule has 0 amide bonds. The quantitative estimate of drug-likeness (QED) is 0.409. The molecule has 1 fully saturated rings. The Hall–Kier alpha value is -0.383. The maximum absolute atomic E-state index is 2.65. The highest BCUT2D eigenvalue weighted by Crippen LogP contribution is 2.49. The standard InChI is InChI=1S/C24H36S2Si/c1-5-7-11-19(6-2)16-27(20-12-9-8-10-13-20)21-14-17(3)25-23(21)24-22(27)15-18(4)26-24/h14-15,19-20H,5-13,16H2,1-4H3. The minimum atomic E-state index is -1.64. The number of thiophene rings is 2. The van der Waals surface area contributed by atoms with Gasteiger partial charge in [-0.3, -0.25) is 0 Å². The average Bonchev–Trinajstić information content (AvgIpc) is 3.31. The largest absolute Gasteiger partial charge is 0.140 e. The lowest BCUT2D eigenvalue weighted by molar-refractivity contribution is 0.465. The number of unbranched alkanes of at least 4 members (excludes halogenated alkanes) is 1. The molecule has 0 aromatic carbocycles. The second-order valence-electron chi connectivity index (χ2n) is 9.13. The summed E-state index contributed by atoms with van der Waals surface area (Å²) in [5.74, 6) is 0.928. The summed E-state index contributed by atoms with van der Waals surface area (Å²) in [6.07, 6.45) is 13.0. The van der Waals surface area contributed by atoms with Crippen LogP contribution in [0.2, 0.25) is 11.6 Å². The van der Waals surface area contributed by atoms with E-state index in [0.29, 0.717) is 0 Å². The van der Waals surface area contributed by atoms with Crippen molar-refractivity contribution in [3.05, 3.63) is 21.9 Å². The third-order valence-electron chi connectivity index (χ3n) is 7.33. The van der Waals surface area contributed by atoms with Crippen LogP contribution in [0, 0.1) is 19.8 Å². The molecule has 3 heteroatoms. The summed E-state index contributed by atoms with van der Waals surface area (Å²) in [6.45, 7) is 9.50. The van der Waals surface area contributed by atoms with E-state index in [9.17, 15) is 0 Å². The van der Waals surface area contributed by atoms with Crippen LogP contribution in [0.15, 0.2) is 12.1 Å². The molecular formula is C24H36S2Si. The molecule has 0 radical (unpaired) electrons. The number of aryl methyl sites for hydroxylation is 2. The second kappa shape index (κ2) is 8.16. The predicted molar refractivity (Wildman–Crippen MR) is 127 cm³/mol. The lowest BCUT2D eigenvalue weighted by atomic mass is 10.00. The number of hydrogen-bond acceptors (Lipinski definition) is 2. The van der Waals surface area contributed by atoms with Gasteiger partial charge in [-0.25, -0.2) is 0 Å². The van der Waals surface area contributed by atoms with E-state index in [2.05, 4.69) is 62.5 Å². The van der Waals surface area contributed by atoms with Crippen LogP contribution in [0.4, 0.5) is 0 Å². The van der Waals surface area contributed by atoms with Crippen molar-refractivity contribution < 1.29 is 0 Å². The summed E-state index contributed by atoms with van der Waals surface area (Å²) in [4.78, 5) is 6.49. The van der Waals surface area contributed by atoms with Crippen LogP contribution in [-0.2, 0) is 0 Å². The highest BCUT2D eigenvalue weighted by atomic mass is 32.1. The van der Waals surface area contributed by atoms with Gasteiger partial charge in [0.15, 0.2) is 0 Å². The van der Waals surface area contributed by atoms with Crippen LogP contribution in [0.1, 0.15) is 81.4 Å². The van der Waals surface area contributed by atoms with Crippen molar-refractivity contribution in [1.29, 1.82) is 0 Å². The molecule has 148 valence electrons. The van der Waals surface area contributed by atoms with E-state index in [4.69, 9.17) is 0 Å². The van der Waals surface area contributed by atoms with E-state index in [1.807, 2.05) is 10.4 Å². The van der Waals surface area contributed by atoms with Gasteiger partial charge in [-0.1, -0.05) is 71.6 Å². The molecule has 0 N–H and O–H groups in total. The van der Waals surface area contributed by atoms with Gasteiger partial charge in [0, 0.05) is 19.5 Å². The lowest BCUT2D eigenvalue weighted by Crippen LogP contribution is -2.59. The molecule has 0 bridgehead atoms. The molecule has 0 spiro atoms. The predicted octanol–water partition coefficient (Wildman–Crippen LogP) is 7.52.